The number of carbonyl (C=O) groups is 1. The highest BCUT2D eigenvalue weighted by Gasteiger charge is 2.11. The van der Waals surface area contributed by atoms with Crippen LogP contribution < -0.4 is 16.4 Å². The molecule has 0 fully saturated rings. The number of rotatable bonds is 10. The Bertz CT molecular complexity index is 1010. The molecule has 2 aromatic rings. The lowest BCUT2D eigenvalue weighted by Crippen LogP contribution is -2.33. The quantitative estimate of drug-likeness (QED) is 0.346. The van der Waals surface area contributed by atoms with Gasteiger partial charge in [0.25, 0.3) is 0 Å². The van der Waals surface area contributed by atoms with Crippen LogP contribution in [0.15, 0.2) is 41.7 Å². The van der Waals surface area contributed by atoms with E-state index in [2.05, 4.69) is 25.6 Å². The Morgan fingerprint density at radius 2 is 2.09 bits per heavy atom. The number of aliphatic imine (C=N–C) groups is 1. The summed E-state index contributed by atoms with van der Waals surface area (Å²) in [6, 6.07) is 5.99. The molecule has 4 N–H and O–H groups in total. The highest BCUT2D eigenvalue weighted by Crippen LogP contribution is 2.21. The summed E-state index contributed by atoms with van der Waals surface area (Å²) in [7, 11) is 0. The lowest BCUT2D eigenvalue weighted by Gasteiger charge is -2.14. The number of amides is 1. The third-order valence-electron chi connectivity index (χ3n) is 4.70. The number of aromatic nitrogens is 2. The maximum absolute atomic E-state index is 13.5. The van der Waals surface area contributed by atoms with Crippen molar-refractivity contribution < 1.29 is 18.3 Å². The molecule has 0 aliphatic rings. The zero-order valence-corrected chi connectivity index (χ0v) is 19.2. The van der Waals surface area contributed by atoms with Crippen LogP contribution in [-0.2, 0) is 4.74 Å². The molecule has 0 aliphatic heterocycles. The minimum Gasteiger partial charge on any atom is -0.449 e. The summed E-state index contributed by atoms with van der Waals surface area (Å²) in [6.45, 7) is 6.84. The summed E-state index contributed by atoms with van der Waals surface area (Å²) in [6.07, 6.45) is 2.15. The zero-order valence-electron chi connectivity index (χ0n) is 19.2. The molecule has 0 spiro atoms. The molecule has 1 aromatic heterocycles. The molecule has 8 nitrogen and oxygen atoms in total. The molecule has 0 bridgehead atoms. The number of amidine groups is 1. The van der Waals surface area contributed by atoms with Crippen LogP contribution >= 0.6 is 0 Å². The molecule has 10 heteroatoms. The van der Waals surface area contributed by atoms with Crippen molar-refractivity contribution >= 4 is 29.3 Å². The molecule has 0 saturated heterocycles. The Hall–Kier alpha value is -3.56. The molecule has 1 aromatic carbocycles. The van der Waals surface area contributed by atoms with E-state index in [4.69, 9.17) is 10.5 Å². The molecule has 1 heterocycles. The Kier molecular flexibility index (Phi) is 9.71. The molecule has 0 aliphatic carbocycles. The molecule has 0 saturated carbocycles. The van der Waals surface area contributed by atoms with E-state index < -0.39 is 18.3 Å². The van der Waals surface area contributed by atoms with Gasteiger partial charge in [0.05, 0.1) is 12.6 Å². The second-order valence-corrected chi connectivity index (χ2v) is 7.49. The molecule has 2 atom stereocenters. The lowest BCUT2D eigenvalue weighted by atomic mass is 10.0. The van der Waals surface area contributed by atoms with Gasteiger partial charge in [-0.3, -0.25) is 5.32 Å². The monoisotopic (exact) mass is 460 g/mol. The molecule has 2 rings (SSSR count). The van der Waals surface area contributed by atoms with Crippen molar-refractivity contribution in [1.82, 2.24) is 9.97 Å². The number of anilines is 2. The number of nitrogens with zero attached hydrogens (tertiary/aromatic N) is 3. The van der Waals surface area contributed by atoms with Crippen molar-refractivity contribution in [2.75, 3.05) is 17.2 Å². The number of allylic oxidation sites excluding steroid dienone is 1. The maximum atomic E-state index is 13.5. The van der Waals surface area contributed by atoms with Crippen molar-refractivity contribution in [1.29, 1.82) is 0 Å². The van der Waals surface area contributed by atoms with Crippen LogP contribution in [0, 0.1) is 12.7 Å². The number of halogens is 2. The van der Waals surface area contributed by atoms with Crippen LogP contribution in [0.25, 0.3) is 5.57 Å². The van der Waals surface area contributed by atoms with Crippen molar-refractivity contribution in [3.63, 3.8) is 0 Å². The first-order valence-electron chi connectivity index (χ1n) is 10.7. The summed E-state index contributed by atoms with van der Waals surface area (Å²) >= 11 is 0. The van der Waals surface area contributed by atoms with Crippen LogP contribution in [0.4, 0.5) is 25.3 Å². The zero-order chi connectivity index (χ0) is 24.4. The fourth-order valence-corrected chi connectivity index (χ4v) is 2.70. The Morgan fingerprint density at radius 1 is 1.33 bits per heavy atom. The Labute approximate surface area is 192 Å². The van der Waals surface area contributed by atoms with Gasteiger partial charge < -0.3 is 15.8 Å². The number of hydrogen-bond donors (Lipinski definition) is 3. The second-order valence-electron chi connectivity index (χ2n) is 7.49. The first-order chi connectivity index (χ1) is 15.7. The van der Waals surface area contributed by atoms with E-state index in [0.717, 1.165) is 11.1 Å². The highest BCUT2D eigenvalue weighted by molar-refractivity contribution is 5.89. The summed E-state index contributed by atoms with van der Waals surface area (Å²) in [4.78, 5) is 24.4. The lowest BCUT2D eigenvalue weighted by molar-refractivity contribution is 0.149. The van der Waals surface area contributed by atoms with Crippen molar-refractivity contribution in [3.05, 3.63) is 53.6 Å². The van der Waals surface area contributed by atoms with Gasteiger partial charge in [0.15, 0.2) is 0 Å². The Morgan fingerprint density at radius 3 is 2.76 bits per heavy atom. The van der Waals surface area contributed by atoms with E-state index in [0.29, 0.717) is 17.8 Å². The maximum Gasteiger partial charge on any atom is 0.412 e. The number of hydrogen-bond acceptors (Lipinski definition) is 6. The normalized spacial score (nSPS) is 13.9. The number of alkyl halides is 1. The average molecular weight is 461 g/mol. The molecule has 0 unspecified atom stereocenters. The fraction of sp³-hybridized carbons (Fsp3) is 0.391. The van der Waals surface area contributed by atoms with Crippen LogP contribution in [0.2, 0.25) is 0 Å². The SMILES string of the molecule is CC/C(=C\N=C(N)[C@H](C)Nc1nccc(NC(=O)OCC[C@H](C)F)n1)c1ccc(F)c(C)c1. The van der Waals surface area contributed by atoms with Crippen molar-refractivity contribution in [2.24, 2.45) is 10.7 Å². The first kappa shape index (κ1) is 25.7. The highest BCUT2D eigenvalue weighted by atomic mass is 19.1. The van der Waals surface area contributed by atoms with E-state index >= 15 is 0 Å². The van der Waals surface area contributed by atoms with E-state index in [1.807, 2.05) is 6.92 Å². The molecular weight excluding hydrogens is 430 g/mol. The van der Waals surface area contributed by atoms with Crippen molar-refractivity contribution in [3.8, 4) is 0 Å². The summed E-state index contributed by atoms with van der Waals surface area (Å²) in [5, 5.41) is 5.47. The molecular formula is C23H30F2N6O2. The van der Waals surface area contributed by atoms with Gasteiger partial charge in [0, 0.05) is 18.8 Å². The largest absolute Gasteiger partial charge is 0.449 e. The molecule has 1 amide bonds. The van der Waals surface area contributed by atoms with Gasteiger partial charge in [-0.2, -0.15) is 4.98 Å². The predicted octanol–water partition coefficient (Wildman–Crippen LogP) is 4.83. The molecule has 33 heavy (non-hydrogen) atoms. The van der Waals surface area contributed by atoms with Gasteiger partial charge in [-0.25, -0.2) is 23.6 Å². The minimum atomic E-state index is -1.05. The number of nitrogens with two attached hydrogens (primary N) is 1. The predicted molar refractivity (Wildman–Crippen MR) is 126 cm³/mol. The summed E-state index contributed by atoms with van der Waals surface area (Å²) in [5.41, 5.74) is 8.46. The third-order valence-corrected chi connectivity index (χ3v) is 4.70. The number of carbonyl (C=O) groups excluding carboxylic acids is 1. The van der Waals surface area contributed by atoms with E-state index in [1.54, 1.807) is 32.2 Å². The number of benzene rings is 1. The van der Waals surface area contributed by atoms with Gasteiger partial charge in [-0.15, -0.1) is 0 Å². The van der Waals surface area contributed by atoms with E-state index in [1.165, 1.54) is 25.3 Å². The third kappa shape index (κ3) is 8.47. The smallest absolute Gasteiger partial charge is 0.412 e. The second kappa shape index (κ2) is 12.5. The number of nitrogens with one attached hydrogen (secondary N) is 2. The van der Waals surface area contributed by atoms with Crippen LogP contribution in [0.3, 0.4) is 0 Å². The average Bonchev–Trinajstić information content (AvgIpc) is 2.76. The van der Waals surface area contributed by atoms with Crippen LogP contribution in [-0.4, -0.2) is 40.7 Å². The molecule has 178 valence electrons. The number of aryl methyl sites for hydroxylation is 1. The van der Waals surface area contributed by atoms with Gasteiger partial charge >= 0.3 is 6.09 Å². The first-order valence-corrected chi connectivity index (χ1v) is 10.7. The summed E-state index contributed by atoms with van der Waals surface area (Å²) in [5.74, 6) is 0.480. The van der Waals surface area contributed by atoms with E-state index in [9.17, 15) is 13.6 Å². The minimum absolute atomic E-state index is 0.0333. The van der Waals surface area contributed by atoms with Crippen molar-refractivity contribution in [2.45, 2.75) is 52.8 Å². The number of ether oxygens (including phenoxy) is 1. The van der Waals surface area contributed by atoms with Gasteiger partial charge in [-0.05, 0) is 62.1 Å². The van der Waals surface area contributed by atoms with Crippen LogP contribution in [0.5, 0.6) is 0 Å². The molecule has 0 radical (unpaired) electrons. The standard InChI is InChI=1S/C23H30F2N6O2/c1-5-17(18-6-7-19(25)14(2)12-18)13-28-21(26)16(4)29-22-27-10-8-20(30-22)31-23(32)33-11-9-15(3)24/h6-8,10,12-13,15-16H,5,9,11H2,1-4H3,(H2,26,28)(H2,27,29,30,31,32)/b17-13+/t15-,16-/m0/s1. The van der Waals surface area contributed by atoms with E-state index in [-0.39, 0.29) is 30.6 Å². The summed E-state index contributed by atoms with van der Waals surface area (Å²) < 4.78 is 31.2. The Balaban J connectivity index is 2.01. The topological polar surface area (TPSA) is 115 Å². The van der Waals surface area contributed by atoms with Gasteiger partial charge in [0.2, 0.25) is 5.95 Å². The van der Waals surface area contributed by atoms with Gasteiger partial charge in [0.1, 0.15) is 23.6 Å². The van der Waals surface area contributed by atoms with Gasteiger partial charge in [-0.1, -0.05) is 13.0 Å². The fourth-order valence-electron chi connectivity index (χ4n) is 2.70. The van der Waals surface area contributed by atoms with Crippen LogP contribution in [0.1, 0.15) is 44.7 Å².